The Hall–Kier alpha value is -2.84. The third-order valence-corrected chi connectivity index (χ3v) is 2.62. The maximum atomic E-state index is 12.6. The number of hydrogen-bond donors (Lipinski definition) is 4. The molecule has 0 saturated carbocycles. The lowest BCUT2D eigenvalue weighted by molar-refractivity contribution is -0.366. The summed E-state index contributed by atoms with van der Waals surface area (Å²) in [6.45, 7) is 1.91. The standard InChI is InChI=1S/C13H12F3N5O/c1-7-2-4-8(5-3-7)18-11(17)21-12-19-9(13(14,15)16)6-10(22)20-12/h2-6H,1H3,(H4,17,18,19,20,21,22)/p+1. The van der Waals surface area contributed by atoms with Crippen LogP contribution in [0.15, 0.2) is 35.1 Å². The van der Waals surface area contributed by atoms with Crippen molar-refractivity contribution in [1.29, 1.82) is 0 Å². The third-order valence-electron chi connectivity index (χ3n) is 2.62. The third kappa shape index (κ3) is 4.08. The second-order valence-electron chi connectivity index (χ2n) is 4.51. The molecule has 0 radical (unpaired) electrons. The minimum absolute atomic E-state index is 0.0775. The number of anilines is 1. The molecule has 2 aromatic rings. The van der Waals surface area contributed by atoms with Gasteiger partial charge in [-0.15, -0.1) is 4.98 Å². The van der Waals surface area contributed by atoms with Crippen molar-refractivity contribution in [3.63, 3.8) is 0 Å². The van der Waals surface area contributed by atoms with Crippen molar-refractivity contribution in [2.24, 2.45) is 5.73 Å². The number of nitrogens with two attached hydrogens (primary N) is 1. The van der Waals surface area contributed by atoms with Crippen LogP contribution in [0.3, 0.4) is 0 Å². The van der Waals surface area contributed by atoms with Gasteiger partial charge in [-0.3, -0.25) is 10.1 Å². The minimum Gasteiger partial charge on any atom is -0.322 e. The number of hydrogen-bond acceptors (Lipinski definition) is 2. The molecule has 0 bridgehead atoms. The van der Waals surface area contributed by atoms with Crippen molar-refractivity contribution >= 4 is 17.6 Å². The molecule has 0 aliphatic heterocycles. The van der Waals surface area contributed by atoms with Crippen molar-refractivity contribution in [2.75, 3.05) is 5.32 Å². The summed E-state index contributed by atoms with van der Waals surface area (Å²) in [5.41, 5.74) is 5.07. The monoisotopic (exact) mass is 312 g/mol. The Balaban J connectivity index is 2.26. The number of aryl methyl sites for hydroxylation is 1. The summed E-state index contributed by atoms with van der Waals surface area (Å²) in [7, 11) is 0. The van der Waals surface area contributed by atoms with E-state index in [1.165, 1.54) is 0 Å². The molecule has 0 fully saturated rings. The molecule has 0 spiro atoms. The fourth-order valence-corrected chi connectivity index (χ4v) is 1.61. The van der Waals surface area contributed by atoms with E-state index >= 15 is 0 Å². The first kappa shape index (κ1) is 15.5. The Kier molecular flexibility index (Phi) is 4.15. The molecule has 0 unspecified atom stereocenters. The Bertz CT molecular complexity index is 750. The summed E-state index contributed by atoms with van der Waals surface area (Å²) in [4.78, 5) is 19.0. The van der Waals surface area contributed by atoms with Gasteiger partial charge in [-0.1, -0.05) is 17.7 Å². The van der Waals surface area contributed by atoms with E-state index in [0.717, 1.165) is 5.56 Å². The smallest absolute Gasteiger partial charge is 0.322 e. The molecule has 6 nitrogen and oxygen atoms in total. The fourth-order valence-electron chi connectivity index (χ4n) is 1.61. The predicted octanol–water partition coefficient (Wildman–Crippen LogP) is 0.236. The summed E-state index contributed by atoms with van der Waals surface area (Å²) in [5, 5.41) is 2.74. The van der Waals surface area contributed by atoms with Crippen LogP contribution >= 0.6 is 0 Å². The van der Waals surface area contributed by atoms with Crippen molar-refractivity contribution in [2.45, 2.75) is 13.1 Å². The van der Waals surface area contributed by atoms with Crippen molar-refractivity contribution < 1.29 is 18.2 Å². The number of benzene rings is 1. The number of alkyl halides is 3. The van der Waals surface area contributed by atoms with E-state index in [1.54, 1.807) is 12.1 Å². The van der Waals surface area contributed by atoms with Gasteiger partial charge in [-0.25, -0.2) is 9.98 Å². The number of halogens is 3. The first-order chi connectivity index (χ1) is 10.2. The van der Waals surface area contributed by atoms with Crippen molar-refractivity contribution in [3.05, 3.63) is 51.9 Å². The normalized spacial score (nSPS) is 12.3. The van der Waals surface area contributed by atoms with Crippen LogP contribution < -0.4 is 21.6 Å². The SMILES string of the molecule is Cc1ccc(NC(N)=[NH+]c2nc(C(F)(F)F)cc(=O)[nH]2)cc1. The summed E-state index contributed by atoms with van der Waals surface area (Å²) < 4.78 is 37.7. The second kappa shape index (κ2) is 5.88. The quantitative estimate of drug-likeness (QED) is 0.471. The maximum Gasteiger partial charge on any atom is 0.443 e. The number of nitrogens with one attached hydrogen (secondary N) is 3. The average molecular weight is 312 g/mol. The lowest BCUT2D eigenvalue weighted by Crippen LogP contribution is -2.73. The van der Waals surface area contributed by atoms with E-state index < -0.39 is 23.4 Å². The van der Waals surface area contributed by atoms with Crippen LogP contribution in [-0.4, -0.2) is 15.9 Å². The molecule has 0 aliphatic rings. The fraction of sp³-hybridized carbons (Fsp3) is 0.154. The van der Waals surface area contributed by atoms with E-state index in [4.69, 9.17) is 5.73 Å². The lowest BCUT2D eigenvalue weighted by Gasteiger charge is -2.04. The van der Waals surface area contributed by atoms with Gasteiger partial charge in [0.2, 0.25) is 0 Å². The Morgan fingerprint density at radius 2 is 1.95 bits per heavy atom. The van der Waals surface area contributed by atoms with Crippen LogP contribution in [-0.2, 0) is 6.18 Å². The topological polar surface area (TPSA) is 97.8 Å². The highest BCUT2D eigenvalue weighted by Crippen LogP contribution is 2.26. The molecule has 9 heteroatoms. The van der Waals surface area contributed by atoms with Crippen LogP contribution in [0.1, 0.15) is 11.3 Å². The zero-order valence-corrected chi connectivity index (χ0v) is 11.5. The van der Waals surface area contributed by atoms with Crippen LogP contribution in [0, 0.1) is 6.92 Å². The number of aromatic nitrogens is 2. The molecule has 1 aromatic heterocycles. The van der Waals surface area contributed by atoms with Crippen molar-refractivity contribution in [1.82, 2.24) is 9.97 Å². The molecule has 5 N–H and O–H groups in total. The molecule has 22 heavy (non-hydrogen) atoms. The van der Waals surface area contributed by atoms with Gasteiger partial charge in [0.1, 0.15) is 0 Å². The molecular weight excluding hydrogens is 299 g/mol. The predicted molar refractivity (Wildman–Crippen MR) is 74.5 cm³/mol. The summed E-state index contributed by atoms with van der Waals surface area (Å²) in [5.74, 6) is -0.483. The van der Waals surface area contributed by atoms with Crippen LogP contribution in [0.2, 0.25) is 0 Å². The molecular formula is C13H13F3N5O+. The van der Waals surface area contributed by atoms with E-state index in [2.05, 4.69) is 20.3 Å². The first-order valence-electron chi connectivity index (χ1n) is 6.16. The molecule has 2 rings (SSSR count). The second-order valence-corrected chi connectivity index (χ2v) is 4.51. The molecule has 0 atom stereocenters. The summed E-state index contributed by atoms with van der Waals surface area (Å²) in [6, 6.07) is 7.52. The summed E-state index contributed by atoms with van der Waals surface area (Å²) >= 11 is 0. The Morgan fingerprint density at radius 3 is 2.55 bits per heavy atom. The molecule has 1 aromatic carbocycles. The van der Waals surface area contributed by atoms with Gasteiger partial charge < -0.3 is 5.73 Å². The highest BCUT2D eigenvalue weighted by Gasteiger charge is 2.35. The van der Waals surface area contributed by atoms with E-state index in [-0.39, 0.29) is 5.96 Å². The lowest BCUT2D eigenvalue weighted by atomic mass is 10.2. The highest BCUT2D eigenvalue weighted by atomic mass is 19.4. The minimum atomic E-state index is -4.72. The average Bonchev–Trinajstić information content (AvgIpc) is 2.39. The highest BCUT2D eigenvalue weighted by molar-refractivity contribution is 5.88. The van der Waals surface area contributed by atoms with E-state index in [9.17, 15) is 18.0 Å². The number of rotatable bonds is 2. The maximum absolute atomic E-state index is 12.6. The first-order valence-corrected chi connectivity index (χ1v) is 6.16. The van der Waals surface area contributed by atoms with Crippen LogP contribution in [0.25, 0.3) is 0 Å². The van der Waals surface area contributed by atoms with Crippen molar-refractivity contribution in [3.8, 4) is 0 Å². The molecule has 0 saturated heterocycles. The molecule has 0 aliphatic carbocycles. The van der Waals surface area contributed by atoms with Gasteiger partial charge in [-0.05, 0) is 19.1 Å². The van der Waals surface area contributed by atoms with Gasteiger partial charge >= 0.3 is 12.1 Å². The van der Waals surface area contributed by atoms with Crippen LogP contribution in [0.4, 0.5) is 24.8 Å². The molecule has 0 amide bonds. The zero-order chi connectivity index (χ0) is 16.3. The van der Waals surface area contributed by atoms with Gasteiger partial charge in [0, 0.05) is 0 Å². The van der Waals surface area contributed by atoms with Gasteiger partial charge in [0.05, 0.1) is 11.8 Å². The van der Waals surface area contributed by atoms with E-state index in [0.29, 0.717) is 11.8 Å². The Morgan fingerprint density at radius 1 is 1.32 bits per heavy atom. The largest absolute Gasteiger partial charge is 0.443 e. The van der Waals surface area contributed by atoms with Gasteiger partial charge in [0.25, 0.3) is 11.5 Å². The molecule has 116 valence electrons. The Labute approximate surface area is 122 Å². The van der Waals surface area contributed by atoms with Gasteiger partial charge in [-0.2, -0.15) is 13.2 Å². The number of aromatic amines is 1. The van der Waals surface area contributed by atoms with Crippen LogP contribution in [0.5, 0.6) is 0 Å². The number of guanidine groups is 1. The van der Waals surface area contributed by atoms with E-state index in [1.807, 2.05) is 19.1 Å². The molecule has 1 heterocycles. The number of nitrogens with zero attached hydrogens (tertiary/aromatic N) is 1. The zero-order valence-electron chi connectivity index (χ0n) is 11.5. The number of H-pyrrole nitrogens is 1. The summed E-state index contributed by atoms with van der Waals surface area (Å²) in [6.07, 6.45) is -4.72. The van der Waals surface area contributed by atoms with Gasteiger partial charge in [0.15, 0.2) is 5.69 Å².